The summed E-state index contributed by atoms with van der Waals surface area (Å²) in [7, 11) is 0. The number of hydrogen-bond donors (Lipinski definition) is 1. The molecular formula is C18H17BrN4S. The Morgan fingerprint density at radius 3 is 2.79 bits per heavy atom. The summed E-state index contributed by atoms with van der Waals surface area (Å²) < 4.78 is 1.06. The number of rotatable bonds is 3. The minimum absolute atomic E-state index is 0.816. The van der Waals surface area contributed by atoms with Crippen LogP contribution in [-0.4, -0.2) is 15.7 Å². The van der Waals surface area contributed by atoms with Crippen molar-refractivity contribution in [3.05, 3.63) is 51.1 Å². The van der Waals surface area contributed by atoms with Crippen LogP contribution in [0.3, 0.4) is 0 Å². The maximum Gasteiger partial charge on any atom is 0.158 e. The number of aryl methyl sites for hydroxylation is 2. The van der Waals surface area contributed by atoms with Crippen LogP contribution in [0.15, 0.2) is 40.2 Å². The Kier molecular flexibility index (Phi) is 4.33. The lowest BCUT2D eigenvalue weighted by Gasteiger charge is -2.11. The van der Waals surface area contributed by atoms with Gasteiger partial charge in [0.25, 0.3) is 0 Å². The van der Waals surface area contributed by atoms with Gasteiger partial charge in [-0.1, -0.05) is 28.1 Å². The van der Waals surface area contributed by atoms with Crippen LogP contribution in [0.25, 0.3) is 10.2 Å². The smallest absolute Gasteiger partial charge is 0.158 e. The molecule has 1 N–H and O–H groups in total. The number of nitrogens with zero attached hydrogens (tertiary/aromatic N) is 3. The molecule has 4 rings (SSSR count). The highest BCUT2D eigenvalue weighted by Crippen LogP contribution is 2.38. The minimum Gasteiger partial charge on any atom is -0.260 e. The summed E-state index contributed by atoms with van der Waals surface area (Å²) in [6, 6.07) is 8.14. The molecule has 2 aromatic heterocycles. The Bertz CT molecular complexity index is 915. The maximum absolute atomic E-state index is 4.54. The van der Waals surface area contributed by atoms with E-state index in [0.29, 0.717) is 0 Å². The van der Waals surface area contributed by atoms with E-state index in [1.165, 1.54) is 23.3 Å². The van der Waals surface area contributed by atoms with E-state index < -0.39 is 0 Å². The van der Waals surface area contributed by atoms with E-state index in [0.717, 1.165) is 44.6 Å². The fraction of sp³-hybridized carbons (Fsp3) is 0.278. The van der Waals surface area contributed by atoms with Gasteiger partial charge in [0, 0.05) is 9.35 Å². The van der Waals surface area contributed by atoms with Gasteiger partial charge in [-0.15, -0.1) is 11.3 Å². The SMILES string of the molecule is CC(=NNc1ncnc2sc3c(c12)CCCC3)c1ccc(Br)cc1. The molecule has 0 fully saturated rings. The first kappa shape index (κ1) is 15.7. The van der Waals surface area contributed by atoms with Crippen molar-refractivity contribution in [2.75, 3.05) is 5.43 Å². The van der Waals surface area contributed by atoms with Gasteiger partial charge in [-0.25, -0.2) is 9.97 Å². The lowest BCUT2D eigenvalue weighted by atomic mass is 9.97. The zero-order chi connectivity index (χ0) is 16.5. The first-order valence-corrected chi connectivity index (χ1v) is 9.65. The first-order chi connectivity index (χ1) is 11.7. The molecule has 0 aliphatic heterocycles. The summed E-state index contributed by atoms with van der Waals surface area (Å²) >= 11 is 5.26. The van der Waals surface area contributed by atoms with Gasteiger partial charge in [-0.2, -0.15) is 5.10 Å². The second kappa shape index (κ2) is 6.61. The third kappa shape index (κ3) is 2.96. The minimum atomic E-state index is 0.816. The molecule has 0 atom stereocenters. The van der Waals surface area contributed by atoms with Crippen molar-refractivity contribution in [1.82, 2.24) is 9.97 Å². The molecule has 0 spiro atoms. The van der Waals surface area contributed by atoms with Crippen molar-refractivity contribution in [3.63, 3.8) is 0 Å². The Labute approximate surface area is 153 Å². The quantitative estimate of drug-likeness (QED) is 0.487. The van der Waals surface area contributed by atoms with Crippen molar-refractivity contribution in [3.8, 4) is 0 Å². The fourth-order valence-corrected chi connectivity index (χ4v) is 4.56. The van der Waals surface area contributed by atoms with Crippen LogP contribution in [0.4, 0.5) is 5.82 Å². The summed E-state index contributed by atoms with van der Waals surface area (Å²) in [5, 5.41) is 5.70. The Morgan fingerprint density at radius 2 is 1.96 bits per heavy atom. The van der Waals surface area contributed by atoms with E-state index in [1.54, 1.807) is 17.7 Å². The zero-order valence-electron chi connectivity index (χ0n) is 13.3. The van der Waals surface area contributed by atoms with Gasteiger partial charge in [0.2, 0.25) is 0 Å². The van der Waals surface area contributed by atoms with Gasteiger partial charge in [0.1, 0.15) is 11.2 Å². The summed E-state index contributed by atoms with van der Waals surface area (Å²) in [5.74, 6) is 0.816. The second-order valence-electron chi connectivity index (χ2n) is 5.93. The zero-order valence-corrected chi connectivity index (χ0v) is 15.7. The molecule has 0 saturated heterocycles. The standard InChI is InChI=1S/C18H17BrN4S/c1-11(12-6-8-13(19)9-7-12)22-23-17-16-14-4-2-3-5-15(14)24-18(16)21-10-20-17/h6-10H,2-5H2,1H3,(H,20,21,23). The van der Waals surface area contributed by atoms with Crippen LogP contribution in [0, 0.1) is 0 Å². The normalized spacial score (nSPS) is 14.7. The summed E-state index contributed by atoms with van der Waals surface area (Å²) in [6.45, 7) is 2.00. The maximum atomic E-state index is 4.54. The topological polar surface area (TPSA) is 50.2 Å². The second-order valence-corrected chi connectivity index (χ2v) is 7.93. The van der Waals surface area contributed by atoms with E-state index in [4.69, 9.17) is 0 Å². The Balaban J connectivity index is 1.68. The van der Waals surface area contributed by atoms with Crippen LogP contribution in [-0.2, 0) is 12.8 Å². The van der Waals surface area contributed by atoms with Crippen LogP contribution >= 0.6 is 27.3 Å². The number of thiophene rings is 1. The molecule has 1 aliphatic carbocycles. The number of hydrazone groups is 1. The molecule has 1 aromatic carbocycles. The van der Waals surface area contributed by atoms with E-state index in [-0.39, 0.29) is 0 Å². The summed E-state index contributed by atoms with van der Waals surface area (Å²) in [4.78, 5) is 11.4. The van der Waals surface area contributed by atoms with Gasteiger partial charge in [-0.3, -0.25) is 5.43 Å². The molecule has 0 unspecified atom stereocenters. The highest BCUT2D eigenvalue weighted by Gasteiger charge is 2.19. The van der Waals surface area contributed by atoms with Gasteiger partial charge in [0.15, 0.2) is 5.82 Å². The number of aromatic nitrogens is 2. The molecule has 0 saturated carbocycles. The van der Waals surface area contributed by atoms with Crippen LogP contribution in [0.2, 0.25) is 0 Å². The monoisotopic (exact) mass is 400 g/mol. The average molecular weight is 401 g/mol. The fourth-order valence-electron chi connectivity index (χ4n) is 3.07. The molecule has 0 amide bonds. The average Bonchev–Trinajstić information content (AvgIpc) is 2.99. The third-order valence-electron chi connectivity index (χ3n) is 4.34. The molecule has 2 heterocycles. The molecule has 6 heteroatoms. The van der Waals surface area contributed by atoms with E-state index in [1.807, 2.05) is 31.2 Å². The number of fused-ring (bicyclic) bond motifs is 3. The summed E-state index contributed by atoms with van der Waals surface area (Å²) in [5.41, 5.74) is 6.60. The number of benzene rings is 1. The molecule has 4 nitrogen and oxygen atoms in total. The highest BCUT2D eigenvalue weighted by atomic mass is 79.9. The third-order valence-corrected chi connectivity index (χ3v) is 6.07. The summed E-state index contributed by atoms with van der Waals surface area (Å²) in [6.07, 6.45) is 6.42. The first-order valence-electron chi connectivity index (χ1n) is 8.04. The van der Waals surface area contributed by atoms with Gasteiger partial charge in [-0.05, 0) is 55.9 Å². The predicted molar refractivity (Wildman–Crippen MR) is 104 cm³/mol. The highest BCUT2D eigenvalue weighted by molar-refractivity contribution is 9.10. The molecule has 3 aromatic rings. The van der Waals surface area contributed by atoms with Gasteiger partial charge in [0.05, 0.1) is 11.1 Å². The molecule has 122 valence electrons. The van der Waals surface area contributed by atoms with E-state index >= 15 is 0 Å². The molecular weight excluding hydrogens is 384 g/mol. The number of hydrogen-bond acceptors (Lipinski definition) is 5. The number of anilines is 1. The van der Waals surface area contributed by atoms with Crippen molar-refractivity contribution in [1.29, 1.82) is 0 Å². The lowest BCUT2D eigenvalue weighted by Crippen LogP contribution is -2.03. The van der Waals surface area contributed by atoms with Gasteiger partial charge >= 0.3 is 0 Å². The van der Waals surface area contributed by atoms with Crippen LogP contribution in [0.1, 0.15) is 35.8 Å². The predicted octanol–water partition coefficient (Wildman–Crippen LogP) is 5.17. The lowest BCUT2D eigenvalue weighted by molar-refractivity contribution is 0.700. The number of nitrogens with one attached hydrogen (secondary N) is 1. The Hall–Kier alpha value is -1.79. The van der Waals surface area contributed by atoms with Crippen molar-refractivity contribution < 1.29 is 0 Å². The van der Waals surface area contributed by atoms with Crippen LogP contribution in [0.5, 0.6) is 0 Å². The molecule has 24 heavy (non-hydrogen) atoms. The molecule has 0 radical (unpaired) electrons. The van der Waals surface area contributed by atoms with Crippen molar-refractivity contribution in [2.24, 2.45) is 5.10 Å². The molecule has 1 aliphatic rings. The van der Waals surface area contributed by atoms with Gasteiger partial charge < -0.3 is 0 Å². The largest absolute Gasteiger partial charge is 0.260 e. The molecule has 0 bridgehead atoms. The Morgan fingerprint density at radius 1 is 1.17 bits per heavy atom. The van der Waals surface area contributed by atoms with Crippen LogP contribution < -0.4 is 5.43 Å². The van der Waals surface area contributed by atoms with Crippen molar-refractivity contribution in [2.45, 2.75) is 32.6 Å². The van der Waals surface area contributed by atoms with E-state index in [9.17, 15) is 0 Å². The number of halogens is 1. The van der Waals surface area contributed by atoms with Crippen molar-refractivity contribution >= 4 is 49.0 Å². The van der Waals surface area contributed by atoms with E-state index in [2.05, 4.69) is 36.4 Å².